The normalized spacial score (nSPS) is 13.3. The third-order valence-corrected chi connectivity index (χ3v) is 33.5. The Kier molecular flexibility index (Phi) is 8.55. The zero-order valence-electron chi connectivity index (χ0n) is 22.8. The van der Waals surface area contributed by atoms with Crippen LogP contribution in [0.4, 0.5) is 0 Å². The van der Waals surface area contributed by atoms with Gasteiger partial charge < -0.3 is 0 Å². The topological polar surface area (TPSA) is 0 Å². The first-order valence-corrected chi connectivity index (χ1v) is 27.5. The van der Waals surface area contributed by atoms with E-state index in [1.807, 2.05) is 0 Å². The van der Waals surface area contributed by atoms with Gasteiger partial charge >= 0.3 is 0 Å². The molecule has 0 aliphatic rings. The molecule has 0 atom stereocenters. The summed E-state index contributed by atoms with van der Waals surface area (Å²) in [6, 6.07) is 23.0. The Morgan fingerprint density at radius 3 is 0.938 bits per heavy atom. The van der Waals surface area contributed by atoms with Gasteiger partial charge in [-0.15, -0.1) is 7.17 Å². The Balaban J connectivity index is 3.32. The van der Waals surface area contributed by atoms with Crippen LogP contribution in [0.2, 0.25) is 78.6 Å². The van der Waals surface area contributed by atoms with Crippen molar-refractivity contribution in [3.05, 3.63) is 71.8 Å². The lowest BCUT2D eigenvalue weighted by Crippen LogP contribution is -2.53. The number of hydrogen-bond acceptors (Lipinski definition) is 0. The van der Waals surface area contributed by atoms with Gasteiger partial charge in [0.2, 0.25) is 0 Å². The number of rotatable bonds is 7. The fraction of sp³-hybridized carbons (Fsp3) is 0.481. The monoisotopic (exact) mass is 514 g/mol. The van der Waals surface area contributed by atoms with E-state index in [-0.39, 0.29) is 7.17 Å². The standard InChI is InChI=1S/C27H47PSi4/c1-29(2,3)26(30(4,5)6)28(27(31(7,8)9)32(10,11)12)25(23-19-15-13-16-20-23)24-21-17-14-18-22-24/h13-22,25H,1-12H3. The molecule has 0 fully saturated rings. The Morgan fingerprint density at radius 2 is 0.719 bits per heavy atom. The van der Waals surface area contributed by atoms with Crippen molar-refractivity contribution in [1.82, 2.24) is 0 Å². The molecule has 0 saturated heterocycles. The lowest BCUT2D eigenvalue weighted by Gasteiger charge is -2.41. The van der Waals surface area contributed by atoms with Crippen molar-refractivity contribution in [1.29, 1.82) is 0 Å². The van der Waals surface area contributed by atoms with Crippen LogP contribution in [0, 0.1) is 0 Å². The summed E-state index contributed by atoms with van der Waals surface area (Å²) >= 11 is 0. The van der Waals surface area contributed by atoms with E-state index < -0.39 is 32.3 Å². The van der Waals surface area contributed by atoms with Crippen molar-refractivity contribution in [2.75, 3.05) is 0 Å². The molecular formula is C27H47PSi4. The largest absolute Gasteiger partial charge is 0.130 e. The highest BCUT2D eigenvalue weighted by Crippen LogP contribution is 2.48. The van der Waals surface area contributed by atoms with Crippen LogP contribution in [-0.4, -0.2) is 41.4 Å². The van der Waals surface area contributed by atoms with E-state index in [0.717, 1.165) is 0 Å². The van der Waals surface area contributed by atoms with Crippen molar-refractivity contribution in [3.8, 4) is 0 Å². The van der Waals surface area contributed by atoms with Gasteiger partial charge in [-0.25, -0.2) is 0 Å². The van der Waals surface area contributed by atoms with Crippen LogP contribution >= 0.6 is 7.17 Å². The molecular weight excluding hydrogens is 468 g/mol. The van der Waals surface area contributed by atoms with Crippen LogP contribution in [0.5, 0.6) is 0 Å². The summed E-state index contributed by atoms with van der Waals surface area (Å²) in [7, 11) is -6.39. The zero-order chi connectivity index (χ0) is 24.5. The summed E-state index contributed by atoms with van der Waals surface area (Å²) in [4.78, 5) is 0. The quantitative estimate of drug-likeness (QED) is 0.255. The second-order valence-electron chi connectivity index (χ2n) is 13.3. The Labute approximate surface area is 204 Å². The predicted octanol–water partition coefficient (Wildman–Crippen LogP) is 9.11. The molecule has 0 aromatic heterocycles. The summed E-state index contributed by atoms with van der Waals surface area (Å²) in [6.07, 6.45) is 0. The van der Waals surface area contributed by atoms with E-state index in [4.69, 9.17) is 0 Å². The average Bonchev–Trinajstić information content (AvgIpc) is 2.59. The third-order valence-electron chi connectivity index (χ3n) is 5.81. The Bertz CT molecular complexity index is 879. The van der Waals surface area contributed by atoms with Crippen LogP contribution in [0.3, 0.4) is 0 Å². The molecule has 0 heterocycles. The molecule has 2 rings (SSSR count). The van der Waals surface area contributed by atoms with Crippen LogP contribution in [0.15, 0.2) is 60.7 Å². The predicted molar refractivity (Wildman–Crippen MR) is 165 cm³/mol. The lowest BCUT2D eigenvalue weighted by molar-refractivity contribution is 1.15. The fourth-order valence-electron chi connectivity index (χ4n) is 5.83. The number of hydrogen-bond donors (Lipinski definition) is 0. The average molecular weight is 515 g/mol. The van der Waals surface area contributed by atoms with Gasteiger partial charge in [0.15, 0.2) is 0 Å². The molecule has 0 radical (unpaired) electrons. The summed E-state index contributed by atoms with van der Waals surface area (Å²) < 4.78 is 4.11. The molecule has 0 N–H and O–H groups in total. The van der Waals surface area contributed by atoms with Crippen molar-refractivity contribution in [2.45, 2.75) is 84.2 Å². The molecule has 176 valence electrons. The smallest absolute Gasteiger partial charge is 0.0727 e. The molecule has 0 saturated carbocycles. The van der Waals surface area contributed by atoms with E-state index >= 15 is 0 Å². The summed E-state index contributed by atoms with van der Waals surface area (Å²) in [5.41, 5.74) is 3.52. The van der Waals surface area contributed by atoms with Gasteiger partial charge in [-0.3, -0.25) is 0 Å². The van der Waals surface area contributed by atoms with E-state index in [1.165, 1.54) is 11.1 Å². The highest BCUT2D eigenvalue weighted by Gasteiger charge is 2.40. The van der Waals surface area contributed by atoms with Crippen LogP contribution in [0.25, 0.3) is 0 Å². The Hall–Kier alpha value is -0.652. The van der Waals surface area contributed by atoms with Crippen molar-refractivity contribution in [2.24, 2.45) is 0 Å². The molecule has 2 aromatic rings. The maximum atomic E-state index is 2.63. The second kappa shape index (κ2) is 9.91. The minimum absolute atomic E-state index is 0.376. The first-order valence-electron chi connectivity index (χ1n) is 12.1. The molecule has 0 aliphatic heterocycles. The van der Waals surface area contributed by atoms with Gasteiger partial charge in [-0.1, -0.05) is 148 Å². The van der Waals surface area contributed by atoms with Gasteiger partial charge in [0, 0.05) is 5.66 Å². The molecule has 32 heavy (non-hydrogen) atoms. The van der Waals surface area contributed by atoms with E-state index in [0.29, 0.717) is 5.66 Å². The Morgan fingerprint density at radius 1 is 0.469 bits per heavy atom. The summed E-state index contributed by atoms with van der Waals surface area (Å²) in [5.74, 6) is 0. The highest BCUT2D eigenvalue weighted by atomic mass is 31.1. The SMILES string of the molecule is C[Si](C)(C)C(=P(=C([Si](C)(C)C)[Si](C)(C)C)C(c1ccccc1)c1ccccc1)[Si](C)(C)C. The van der Waals surface area contributed by atoms with Gasteiger partial charge in [0.1, 0.15) is 0 Å². The number of benzene rings is 2. The van der Waals surface area contributed by atoms with Crippen molar-refractivity contribution < 1.29 is 0 Å². The first-order chi connectivity index (χ1) is 14.5. The molecule has 0 amide bonds. The van der Waals surface area contributed by atoms with Crippen LogP contribution < -0.4 is 0 Å². The maximum Gasteiger partial charge on any atom is 0.0727 e. The summed E-state index contributed by atoms with van der Waals surface area (Å²) in [5, 5.41) is 0. The van der Waals surface area contributed by atoms with Gasteiger partial charge in [0.05, 0.1) is 32.3 Å². The van der Waals surface area contributed by atoms with E-state index in [2.05, 4.69) is 148 Å². The molecule has 0 spiro atoms. The summed E-state index contributed by atoms with van der Waals surface area (Å²) in [6.45, 7) is 31.6. The molecule has 0 bridgehead atoms. The highest BCUT2D eigenvalue weighted by molar-refractivity contribution is 7.82. The van der Waals surface area contributed by atoms with Crippen molar-refractivity contribution >= 4 is 48.5 Å². The molecule has 2 aromatic carbocycles. The van der Waals surface area contributed by atoms with Gasteiger partial charge in [0.25, 0.3) is 0 Å². The second-order valence-corrected chi connectivity index (χ2v) is 38.1. The maximum absolute atomic E-state index is 2.63. The minimum Gasteiger partial charge on any atom is -0.130 e. The fourth-order valence-corrected chi connectivity index (χ4v) is 41.3. The lowest BCUT2D eigenvalue weighted by atomic mass is 10.0. The zero-order valence-corrected chi connectivity index (χ0v) is 27.7. The van der Waals surface area contributed by atoms with E-state index in [9.17, 15) is 0 Å². The van der Waals surface area contributed by atoms with Gasteiger partial charge in [-0.2, -0.15) is 0 Å². The molecule has 5 heteroatoms. The third kappa shape index (κ3) is 6.70. The minimum atomic E-state index is -1.50. The molecule has 0 nitrogen and oxygen atoms in total. The first kappa shape index (κ1) is 27.6. The van der Waals surface area contributed by atoms with Crippen LogP contribution in [0.1, 0.15) is 16.8 Å². The van der Waals surface area contributed by atoms with Crippen LogP contribution in [-0.2, 0) is 0 Å². The molecule has 0 unspecified atom stereocenters. The van der Waals surface area contributed by atoms with Gasteiger partial charge in [-0.05, 0) is 11.1 Å². The van der Waals surface area contributed by atoms with E-state index in [1.54, 1.807) is 0 Å². The molecule has 0 aliphatic carbocycles. The van der Waals surface area contributed by atoms with Crippen molar-refractivity contribution in [3.63, 3.8) is 0 Å².